The fourth-order valence-corrected chi connectivity index (χ4v) is 2.26. The van der Waals surface area contributed by atoms with E-state index in [1.165, 1.54) is 25.7 Å². The fraction of sp³-hybridized carbons (Fsp3) is 0.818. The zero-order valence-corrected chi connectivity index (χ0v) is 9.45. The summed E-state index contributed by atoms with van der Waals surface area (Å²) in [5.74, 6) is 1.09. The van der Waals surface area contributed by atoms with E-state index in [1.807, 2.05) is 6.33 Å². The Hall–Kier alpha value is -0.900. The van der Waals surface area contributed by atoms with Gasteiger partial charge in [0.2, 0.25) is 0 Å². The van der Waals surface area contributed by atoms with Crippen molar-refractivity contribution in [2.75, 3.05) is 6.54 Å². The highest BCUT2D eigenvalue weighted by atomic mass is 15.3. The van der Waals surface area contributed by atoms with Gasteiger partial charge in [-0.2, -0.15) is 0 Å². The van der Waals surface area contributed by atoms with Gasteiger partial charge in [0.25, 0.3) is 0 Å². The second-order valence-electron chi connectivity index (χ2n) is 4.23. The highest BCUT2D eigenvalue weighted by molar-refractivity contribution is 4.84. The summed E-state index contributed by atoms with van der Waals surface area (Å²) >= 11 is 0. The third-order valence-corrected chi connectivity index (χ3v) is 3.15. The minimum absolute atomic E-state index is 0.756. The lowest BCUT2D eigenvalue weighted by Gasteiger charge is -2.12. The van der Waals surface area contributed by atoms with Crippen LogP contribution in [-0.4, -0.2) is 27.4 Å². The van der Waals surface area contributed by atoms with E-state index in [1.54, 1.807) is 0 Å². The van der Waals surface area contributed by atoms with Crippen molar-refractivity contribution in [3.05, 3.63) is 12.2 Å². The SMILES string of the molecule is CCc1nncn1CCNC1CCCC1. The monoisotopic (exact) mass is 208 g/mol. The molecule has 4 nitrogen and oxygen atoms in total. The predicted octanol–water partition coefficient (Wildman–Crippen LogP) is 1.37. The van der Waals surface area contributed by atoms with Crippen molar-refractivity contribution in [1.29, 1.82) is 0 Å². The molecular weight excluding hydrogens is 188 g/mol. The van der Waals surface area contributed by atoms with Gasteiger partial charge in [-0.15, -0.1) is 10.2 Å². The molecule has 0 amide bonds. The Morgan fingerprint density at radius 1 is 1.47 bits per heavy atom. The standard InChI is InChI=1S/C11H20N4/c1-2-11-14-13-9-15(11)8-7-12-10-5-3-4-6-10/h9-10,12H,2-8H2,1H3. The van der Waals surface area contributed by atoms with Gasteiger partial charge in [0.05, 0.1) is 0 Å². The van der Waals surface area contributed by atoms with Gasteiger partial charge in [-0.1, -0.05) is 19.8 Å². The number of nitrogens with zero attached hydrogens (tertiary/aromatic N) is 3. The Morgan fingerprint density at radius 2 is 2.27 bits per heavy atom. The summed E-state index contributed by atoms with van der Waals surface area (Å²) in [6.07, 6.45) is 8.28. The minimum Gasteiger partial charge on any atom is -0.316 e. The molecule has 0 saturated heterocycles. The molecule has 1 N–H and O–H groups in total. The summed E-state index contributed by atoms with van der Waals surface area (Å²) in [6, 6.07) is 0.756. The van der Waals surface area contributed by atoms with Crippen molar-refractivity contribution in [2.24, 2.45) is 0 Å². The lowest BCUT2D eigenvalue weighted by atomic mass is 10.2. The molecule has 0 bridgehead atoms. The summed E-state index contributed by atoms with van der Waals surface area (Å²) < 4.78 is 2.14. The lowest BCUT2D eigenvalue weighted by Crippen LogP contribution is -2.29. The van der Waals surface area contributed by atoms with Gasteiger partial charge in [0.15, 0.2) is 0 Å². The number of rotatable bonds is 5. The molecule has 0 aliphatic heterocycles. The largest absolute Gasteiger partial charge is 0.316 e. The average molecular weight is 208 g/mol. The normalized spacial score (nSPS) is 17.4. The van der Waals surface area contributed by atoms with Crippen molar-refractivity contribution in [2.45, 2.75) is 51.6 Å². The molecule has 1 aliphatic carbocycles. The first-order valence-electron chi connectivity index (χ1n) is 6.00. The highest BCUT2D eigenvalue weighted by Crippen LogP contribution is 2.17. The quantitative estimate of drug-likeness (QED) is 0.794. The van der Waals surface area contributed by atoms with Crippen molar-refractivity contribution in [1.82, 2.24) is 20.1 Å². The summed E-state index contributed by atoms with van der Waals surface area (Å²) in [7, 11) is 0. The van der Waals surface area contributed by atoms with Crippen molar-refractivity contribution >= 4 is 0 Å². The Labute approximate surface area is 91.1 Å². The van der Waals surface area contributed by atoms with Crippen molar-refractivity contribution in [3.63, 3.8) is 0 Å². The zero-order valence-electron chi connectivity index (χ0n) is 9.45. The molecule has 1 heterocycles. The number of hydrogen-bond donors (Lipinski definition) is 1. The van der Waals surface area contributed by atoms with Crippen LogP contribution in [-0.2, 0) is 13.0 Å². The first-order valence-corrected chi connectivity index (χ1v) is 6.00. The van der Waals surface area contributed by atoms with Gasteiger partial charge in [-0.25, -0.2) is 0 Å². The lowest BCUT2D eigenvalue weighted by molar-refractivity contribution is 0.491. The van der Waals surface area contributed by atoms with Crippen LogP contribution in [0, 0.1) is 0 Å². The highest BCUT2D eigenvalue weighted by Gasteiger charge is 2.13. The summed E-state index contributed by atoms with van der Waals surface area (Å²) in [6.45, 7) is 4.15. The van der Waals surface area contributed by atoms with Crippen LogP contribution in [0.1, 0.15) is 38.4 Å². The van der Waals surface area contributed by atoms with E-state index >= 15 is 0 Å². The van der Waals surface area contributed by atoms with E-state index in [0.29, 0.717) is 0 Å². The van der Waals surface area contributed by atoms with Crippen molar-refractivity contribution in [3.8, 4) is 0 Å². The molecule has 1 saturated carbocycles. The van der Waals surface area contributed by atoms with E-state index in [0.717, 1.165) is 31.4 Å². The summed E-state index contributed by atoms with van der Waals surface area (Å²) in [5, 5.41) is 11.6. The number of nitrogens with one attached hydrogen (secondary N) is 1. The molecule has 0 spiro atoms. The second kappa shape index (κ2) is 5.26. The van der Waals surface area contributed by atoms with Crippen LogP contribution in [0.3, 0.4) is 0 Å². The van der Waals surface area contributed by atoms with Crippen LogP contribution in [0.2, 0.25) is 0 Å². The van der Waals surface area contributed by atoms with Crippen LogP contribution in [0.25, 0.3) is 0 Å². The molecule has 0 atom stereocenters. The van der Waals surface area contributed by atoms with Crippen LogP contribution in [0.5, 0.6) is 0 Å². The van der Waals surface area contributed by atoms with Crippen LogP contribution in [0.15, 0.2) is 6.33 Å². The third-order valence-electron chi connectivity index (χ3n) is 3.15. The van der Waals surface area contributed by atoms with E-state index in [-0.39, 0.29) is 0 Å². The zero-order chi connectivity index (χ0) is 10.5. The Morgan fingerprint density at radius 3 is 3.00 bits per heavy atom. The Balaban J connectivity index is 1.73. The molecule has 2 rings (SSSR count). The molecule has 1 aromatic rings. The van der Waals surface area contributed by atoms with Crippen molar-refractivity contribution < 1.29 is 0 Å². The molecule has 0 radical (unpaired) electrons. The number of hydrogen-bond acceptors (Lipinski definition) is 3. The predicted molar refractivity (Wildman–Crippen MR) is 59.7 cm³/mol. The molecule has 4 heteroatoms. The van der Waals surface area contributed by atoms with Gasteiger partial charge in [-0.05, 0) is 12.8 Å². The van der Waals surface area contributed by atoms with Gasteiger partial charge in [0.1, 0.15) is 12.2 Å². The fourth-order valence-electron chi connectivity index (χ4n) is 2.26. The number of aryl methyl sites for hydroxylation is 1. The first kappa shape index (κ1) is 10.6. The average Bonchev–Trinajstić information content (AvgIpc) is 2.88. The summed E-state index contributed by atoms with van der Waals surface area (Å²) in [5.41, 5.74) is 0. The summed E-state index contributed by atoms with van der Waals surface area (Å²) in [4.78, 5) is 0. The second-order valence-corrected chi connectivity index (χ2v) is 4.23. The first-order chi connectivity index (χ1) is 7.40. The Kier molecular flexibility index (Phi) is 3.72. The molecule has 1 fully saturated rings. The molecule has 84 valence electrons. The van der Waals surface area contributed by atoms with Crippen LogP contribution in [0.4, 0.5) is 0 Å². The molecular formula is C11H20N4. The smallest absolute Gasteiger partial charge is 0.132 e. The minimum atomic E-state index is 0.756. The maximum atomic E-state index is 4.07. The van der Waals surface area contributed by atoms with Crippen LogP contribution < -0.4 is 5.32 Å². The maximum absolute atomic E-state index is 4.07. The van der Waals surface area contributed by atoms with Gasteiger partial charge in [-0.3, -0.25) is 0 Å². The van der Waals surface area contributed by atoms with Gasteiger partial charge < -0.3 is 9.88 Å². The molecule has 0 unspecified atom stereocenters. The van der Waals surface area contributed by atoms with Crippen LogP contribution >= 0.6 is 0 Å². The maximum Gasteiger partial charge on any atom is 0.132 e. The van der Waals surface area contributed by atoms with E-state index < -0.39 is 0 Å². The molecule has 15 heavy (non-hydrogen) atoms. The Bertz CT molecular complexity index is 289. The number of aromatic nitrogens is 3. The van der Waals surface area contributed by atoms with E-state index in [4.69, 9.17) is 0 Å². The third kappa shape index (κ3) is 2.78. The molecule has 1 aromatic heterocycles. The van der Waals surface area contributed by atoms with Gasteiger partial charge in [0, 0.05) is 25.6 Å². The molecule has 1 aliphatic rings. The van der Waals surface area contributed by atoms with E-state index in [2.05, 4.69) is 27.0 Å². The van der Waals surface area contributed by atoms with E-state index in [9.17, 15) is 0 Å². The molecule has 0 aromatic carbocycles. The van der Waals surface area contributed by atoms with Gasteiger partial charge >= 0.3 is 0 Å². The topological polar surface area (TPSA) is 42.7 Å².